The van der Waals surface area contributed by atoms with E-state index in [4.69, 9.17) is 4.74 Å². The molecule has 1 aromatic heterocycles. The number of nitrogens with zero attached hydrogens (tertiary/aromatic N) is 1. The summed E-state index contributed by atoms with van der Waals surface area (Å²) in [5, 5.41) is 2.17. The normalized spacial score (nSPS) is 10.0. The van der Waals surface area contributed by atoms with Gasteiger partial charge in [-0.05, 0) is 24.3 Å². The van der Waals surface area contributed by atoms with Gasteiger partial charge in [-0.25, -0.2) is 18.6 Å². The van der Waals surface area contributed by atoms with Crippen molar-refractivity contribution in [2.45, 2.75) is 0 Å². The van der Waals surface area contributed by atoms with E-state index in [1.165, 1.54) is 12.3 Å². The number of benzene rings is 1. The van der Waals surface area contributed by atoms with Crippen LogP contribution in [-0.4, -0.2) is 23.5 Å². The third-order valence-electron chi connectivity index (χ3n) is 2.41. The van der Waals surface area contributed by atoms with Crippen LogP contribution in [0, 0.1) is 11.6 Å². The molecule has 2 rings (SSSR count). The van der Waals surface area contributed by atoms with Crippen molar-refractivity contribution in [2.75, 3.05) is 11.9 Å². The van der Waals surface area contributed by atoms with Crippen molar-refractivity contribution in [2.24, 2.45) is 0 Å². The topological polar surface area (TPSA) is 68.3 Å². The van der Waals surface area contributed by atoms with Crippen LogP contribution in [0.2, 0.25) is 0 Å². The van der Waals surface area contributed by atoms with Crippen LogP contribution in [0.1, 0.15) is 10.5 Å². The maximum absolute atomic E-state index is 13.3. The minimum absolute atomic E-state index is 0.0539. The van der Waals surface area contributed by atoms with Crippen molar-refractivity contribution in [1.29, 1.82) is 0 Å². The van der Waals surface area contributed by atoms with Gasteiger partial charge in [-0.2, -0.15) is 0 Å². The zero-order chi connectivity index (χ0) is 15.2. The van der Waals surface area contributed by atoms with Gasteiger partial charge < -0.3 is 10.1 Å². The van der Waals surface area contributed by atoms with Crippen LogP contribution in [0.25, 0.3) is 0 Å². The van der Waals surface area contributed by atoms with E-state index in [1.807, 2.05) is 0 Å². The first kappa shape index (κ1) is 14.6. The van der Waals surface area contributed by atoms with Crippen molar-refractivity contribution in [1.82, 2.24) is 4.98 Å². The maximum Gasteiger partial charge on any atom is 0.357 e. The minimum atomic E-state index is -0.917. The molecule has 1 amide bonds. The van der Waals surface area contributed by atoms with E-state index in [1.54, 1.807) is 12.1 Å². The van der Waals surface area contributed by atoms with Gasteiger partial charge in [0.1, 0.15) is 17.3 Å². The molecule has 0 saturated heterocycles. The maximum atomic E-state index is 13.3. The number of pyridine rings is 1. The van der Waals surface area contributed by atoms with Crippen LogP contribution in [0.3, 0.4) is 0 Å². The molecular formula is C14H10F2N2O3. The zero-order valence-electron chi connectivity index (χ0n) is 10.7. The average Bonchev–Trinajstić information content (AvgIpc) is 2.48. The van der Waals surface area contributed by atoms with Crippen LogP contribution in [0.4, 0.5) is 14.5 Å². The Morgan fingerprint density at radius 2 is 2.00 bits per heavy atom. The molecule has 0 aliphatic heterocycles. The predicted octanol–water partition coefficient (Wildman–Crippen LogP) is 2.16. The average molecular weight is 292 g/mol. The molecule has 0 saturated carbocycles. The van der Waals surface area contributed by atoms with E-state index < -0.39 is 30.1 Å². The lowest BCUT2D eigenvalue weighted by Crippen LogP contribution is -2.21. The molecular weight excluding hydrogens is 282 g/mol. The van der Waals surface area contributed by atoms with Gasteiger partial charge in [0.15, 0.2) is 6.61 Å². The van der Waals surface area contributed by atoms with Gasteiger partial charge in [0, 0.05) is 12.3 Å². The summed E-state index contributed by atoms with van der Waals surface area (Å²) in [7, 11) is 0. The highest BCUT2D eigenvalue weighted by molar-refractivity contribution is 5.94. The standard InChI is InChI=1S/C14H10F2N2O3/c15-9-4-5-11(10(16)7-9)18-13(19)8-21-14(20)12-3-1-2-6-17-12/h1-7H,8H2,(H,18,19). The highest BCUT2D eigenvalue weighted by Gasteiger charge is 2.12. The molecule has 0 unspecified atom stereocenters. The molecule has 0 radical (unpaired) electrons. The lowest BCUT2D eigenvalue weighted by Gasteiger charge is -2.07. The van der Waals surface area contributed by atoms with Gasteiger partial charge in [-0.1, -0.05) is 6.07 Å². The first-order chi connectivity index (χ1) is 10.1. The summed E-state index contributed by atoms with van der Waals surface area (Å²) in [5.74, 6) is -3.19. The fourth-order valence-electron chi connectivity index (χ4n) is 1.47. The van der Waals surface area contributed by atoms with Crippen LogP contribution >= 0.6 is 0 Å². The number of halogens is 2. The zero-order valence-corrected chi connectivity index (χ0v) is 10.7. The molecule has 21 heavy (non-hydrogen) atoms. The Bertz CT molecular complexity index is 663. The number of carbonyl (C=O) groups is 2. The minimum Gasteiger partial charge on any atom is -0.451 e. The number of anilines is 1. The summed E-state index contributed by atoms with van der Waals surface area (Å²) in [5.41, 5.74) is -0.145. The smallest absolute Gasteiger partial charge is 0.357 e. The molecule has 0 bridgehead atoms. The lowest BCUT2D eigenvalue weighted by molar-refractivity contribution is -0.119. The Labute approximate surface area is 118 Å². The van der Waals surface area contributed by atoms with Gasteiger partial charge in [-0.3, -0.25) is 4.79 Å². The van der Waals surface area contributed by atoms with Crippen LogP contribution in [0.15, 0.2) is 42.6 Å². The Hall–Kier alpha value is -2.83. The molecule has 0 aliphatic carbocycles. The molecule has 7 heteroatoms. The summed E-state index contributed by atoms with van der Waals surface area (Å²) < 4.78 is 30.7. The van der Waals surface area contributed by atoms with E-state index in [-0.39, 0.29) is 11.4 Å². The third-order valence-corrected chi connectivity index (χ3v) is 2.41. The van der Waals surface area contributed by atoms with E-state index >= 15 is 0 Å². The van der Waals surface area contributed by atoms with Crippen LogP contribution in [-0.2, 0) is 9.53 Å². The van der Waals surface area contributed by atoms with Crippen molar-refractivity contribution < 1.29 is 23.1 Å². The molecule has 2 aromatic rings. The number of hydrogen-bond acceptors (Lipinski definition) is 4. The molecule has 1 heterocycles. The van der Waals surface area contributed by atoms with Gasteiger partial charge in [0.25, 0.3) is 5.91 Å². The molecule has 1 N–H and O–H groups in total. The number of hydrogen-bond donors (Lipinski definition) is 1. The largest absolute Gasteiger partial charge is 0.451 e. The third kappa shape index (κ3) is 4.07. The summed E-state index contributed by atoms with van der Waals surface area (Å²) >= 11 is 0. The van der Waals surface area contributed by atoms with E-state index in [9.17, 15) is 18.4 Å². The molecule has 0 aliphatic rings. The Morgan fingerprint density at radius 1 is 1.19 bits per heavy atom. The lowest BCUT2D eigenvalue weighted by atomic mass is 10.3. The molecule has 0 spiro atoms. The quantitative estimate of drug-likeness (QED) is 0.877. The van der Waals surface area contributed by atoms with Crippen molar-refractivity contribution in [3.8, 4) is 0 Å². The van der Waals surface area contributed by atoms with Gasteiger partial charge >= 0.3 is 5.97 Å². The highest BCUT2D eigenvalue weighted by atomic mass is 19.1. The molecule has 5 nitrogen and oxygen atoms in total. The fraction of sp³-hybridized carbons (Fsp3) is 0.0714. The van der Waals surface area contributed by atoms with Crippen molar-refractivity contribution >= 4 is 17.6 Å². The molecule has 0 fully saturated rings. The molecule has 0 atom stereocenters. The van der Waals surface area contributed by atoms with E-state index in [0.717, 1.165) is 12.1 Å². The Kier molecular flexibility index (Phi) is 4.55. The number of rotatable bonds is 4. The van der Waals surface area contributed by atoms with E-state index in [2.05, 4.69) is 10.3 Å². The summed E-state index contributed by atoms with van der Waals surface area (Å²) in [6, 6.07) is 7.36. The van der Waals surface area contributed by atoms with E-state index in [0.29, 0.717) is 6.07 Å². The second-order valence-electron chi connectivity index (χ2n) is 3.96. The number of esters is 1. The molecule has 108 valence electrons. The number of ether oxygens (including phenoxy) is 1. The summed E-state index contributed by atoms with van der Waals surface area (Å²) in [6.45, 7) is -0.605. The number of carbonyl (C=O) groups excluding carboxylic acids is 2. The number of nitrogens with one attached hydrogen (secondary N) is 1. The van der Waals surface area contributed by atoms with Gasteiger partial charge in [0.05, 0.1) is 5.69 Å². The van der Waals surface area contributed by atoms with Gasteiger partial charge in [-0.15, -0.1) is 0 Å². The van der Waals surface area contributed by atoms with Gasteiger partial charge in [0.2, 0.25) is 0 Å². The molecule has 1 aromatic carbocycles. The SMILES string of the molecule is O=C(COC(=O)c1ccccn1)Nc1ccc(F)cc1F. The van der Waals surface area contributed by atoms with Crippen molar-refractivity contribution in [3.63, 3.8) is 0 Å². The summed E-state index contributed by atoms with van der Waals surface area (Å²) in [6.07, 6.45) is 1.41. The monoisotopic (exact) mass is 292 g/mol. The van der Waals surface area contributed by atoms with Crippen molar-refractivity contribution in [3.05, 3.63) is 59.9 Å². The first-order valence-corrected chi connectivity index (χ1v) is 5.89. The second kappa shape index (κ2) is 6.56. The first-order valence-electron chi connectivity index (χ1n) is 5.89. The fourth-order valence-corrected chi connectivity index (χ4v) is 1.47. The number of aromatic nitrogens is 1. The highest BCUT2D eigenvalue weighted by Crippen LogP contribution is 2.14. The number of amides is 1. The van der Waals surface area contributed by atoms with Crippen LogP contribution in [0.5, 0.6) is 0 Å². The Balaban J connectivity index is 1.89. The second-order valence-corrected chi connectivity index (χ2v) is 3.96. The Morgan fingerprint density at radius 3 is 2.67 bits per heavy atom. The summed E-state index contributed by atoms with van der Waals surface area (Å²) in [4.78, 5) is 26.8. The predicted molar refractivity (Wildman–Crippen MR) is 69.5 cm³/mol. The van der Waals surface area contributed by atoms with Crippen LogP contribution < -0.4 is 5.32 Å².